The van der Waals surface area contributed by atoms with Crippen LogP contribution in [0.5, 0.6) is 0 Å². The summed E-state index contributed by atoms with van der Waals surface area (Å²) in [5.41, 5.74) is 1.35. The molecule has 0 fully saturated rings. The first-order chi connectivity index (χ1) is 6.20. The summed E-state index contributed by atoms with van der Waals surface area (Å²) in [5, 5.41) is 7.83. The van der Waals surface area contributed by atoms with Crippen molar-refractivity contribution in [2.75, 3.05) is 6.54 Å². The van der Waals surface area contributed by atoms with Gasteiger partial charge >= 0.3 is 0 Å². The Bertz CT molecular complexity index is 221. The monoisotopic (exact) mass is 217 g/mol. The van der Waals surface area contributed by atoms with Crippen LogP contribution in [-0.4, -0.2) is 11.9 Å². The second-order valence-corrected chi connectivity index (χ2v) is 4.86. The fourth-order valence-corrected chi connectivity index (χ4v) is 1.76. The minimum absolute atomic E-state index is 0.235. The van der Waals surface area contributed by atoms with Crippen LogP contribution in [0.1, 0.15) is 19.4 Å². The molecule has 1 unspecified atom stereocenters. The van der Waals surface area contributed by atoms with Crippen LogP contribution in [0.3, 0.4) is 0 Å². The maximum absolute atomic E-state index is 6.10. The number of thiophene rings is 1. The zero-order valence-corrected chi connectivity index (χ0v) is 9.66. The van der Waals surface area contributed by atoms with Crippen LogP contribution in [0, 0.1) is 5.92 Å². The van der Waals surface area contributed by atoms with Gasteiger partial charge in [0.2, 0.25) is 0 Å². The topological polar surface area (TPSA) is 12.0 Å². The highest BCUT2D eigenvalue weighted by molar-refractivity contribution is 7.07. The van der Waals surface area contributed by atoms with Crippen molar-refractivity contribution in [1.82, 2.24) is 5.32 Å². The van der Waals surface area contributed by atoms with Crippen LogP contribution < -0.4 is 5.32 Å². The Balaban J connectivity index is 2.14. The molecule has 0 aliphatic carbocycles. The van der Waals surface area contributed by atoms with E-state index < -0.39 is 0 Å². The standard InChI is InChI=1S/C10H16ClNS/c1-8(2)10(11)6-12-5-9-3-4-13-7-9/h3-4,7-8,10,12H,5-6H2,1-2H3. The smallest absolute Gasteiger partial charge is 0.0483 e. The predicted molar refractivity (Wildman–Crippen MR) is 60.5 cm³/mol. The molecule has 1 aromatic rings. The molecule has 0 spiro atoms. The molecule has 0 aliphatic heterocycles. The highest BCUT2D eigenvalue weighted by Crippen LogP contribution is 2.09. The summed E-state index contributed by atoms with van der Waals surface area (Å²) in [6.07, 6.45) is 0. The second-order valence-electron chi connectivity index (χ2n) is 3.52. The molecule has 0 bridgehead atoms. The lowest BCUT2D eigenvalue weighted by molar-refractivity contribution is 0.546. The Morgan fingerprint density at radius 2 is 2.31 bits per heavy atom. The van der Waals surface area contributed by atoms with Crippen molar-refractivity contribution in [3.05, 3.63) is 22.4 Å². The average molecular weight is 218 g/mol. The minimum Gasteiger partial charge on any atom is -0.311 e. The third-order valence-corrected chi connectivity index (χ3v) is 3.36. The van der Waals surface area contributed by atoms with Gasteiger partial charge in [0.15, 0.2) is 0 Å². The van der Waals surface area contributed by atoms with Crippen molar-refractivity contribution < 1.29 is 0 Å². The van der Waals surface area contributed by atoms with Crippen LogP contribution >= 0.6 is 22.9 Å². The van der Waals surface area contributed by atoms with Gasteiger partial charge in [-0.05, 0) is 28.3 Å². The van der Waals surface area contributed by atoms with Gasteiger partial charge in [-0.15, -0.1) is 11.6 Å². The second kappa shape index (κ2) is 5.63. The molecule has 0 aliphatic rings. The molecule has 0 amide bonds. The van der Waals surface area contributed by atoms with E-state index in [1.807, 2.05) is 0 Å². The van der Waals surface area contributed by atoms with E-state index in [0.29, 0.717) is 5.92 Å². The lowest BCUT2D eigenvalue weighted by Gasteiger charge is -2.13. The van der Waals surface area contributed by atoms with Crippen LogP contribution in [0.4, 0.5) is 0 Å². The van der Waals surface area contributed by atoms with Crippen molar-refractivity contribution in [1.29, 1.82) is 0 Å². The first-order valence-electron chi connectivity index (χ1n) is 4.56. The van der Waals surface area contributed by atoms with Gasteiger partial charge in [0.25, 0.3) is 0 Å². The maximum atomic E-state index is 6.10. The molecule has 0 aromatic carbocycles. The zero-order valence-electron chi connectivity index (χ0n) is 8.09. The molecule has 1 aromatic heterocycles. The number of halogens is 1. The summed E-state index contributed by atoms with van der Waals surface area (Å²) in [6, 6.07) is 2.14. The fraction of sp³-hybridized carbons (Fsp3) is 0.600. The van der Waals surface area contributed by atoms with E-state index in [0.717, 1.165) is 13.1 Å². The summed E-state index contributed by atoms with van der Waals surface area (Å²) in [7, 11) is 0. The van der Waals surface area contributed by atoms with Gasteiger partial charge in [-0.1, -0.05) is 13.8 Å². The van der Waals surface area contributed by atoms with Gasteiger partial charge in [-0.2, -0.15) is 11.3 Å². The summed E-state index contributed by atoms with van der Waals surface area (Å²) in [6.45, 7) is 6.10. The summed E-state index contributed by atoms with van der Waals surface area (Å²) >= 11 is 7.83. The third-order valence-electron chi connectivity index (χ3n) is 1.97. The summed E-state index contributed by atoms with van der Waals surface area (Å²) < 4.78 is 0. The Morgan fingerprint density at radius 1 is 1.54 bits per heavy atom. The molecule has 74 valence electrons. The van der Waals surface area contributed by atoms with E-state index in [9.17, 15) is 0 Å². The Labute approximate surface area is 89.1 Å². The molecule has 1 N–H and O–H groups in total. The number of hydrogen-bond acceptors (Lipinski definition) is 2. The van der Waals surface area contributed by atoms with E-state index in [1.54, 1.807) is 11.3 Å². The van der Waals surface area contributed by atoms with E-state index in [2.05, 4.69) is 36.0 Å². The van der Waals surface area contributed by atoms with Crippen molar-refractivity contribution in [3.8, 4) is 0 Å². The molecule has 0 saturated carbocycles. The molecule has 1 atom stereocenters. The number of nitrogens with one attached hydrogen (secondary N) is 1. The van der Waals surface area contributed by atoms with E-state index in [1.165, 1.54) is 5.56 Å². The highest BCUT2D eigenvalue weighted by Gasteiger charge is 2.08. The summed E-state index contributed by atoms with van der Waals surface area (Å²) in [5.74, 6) is 0.539. The molecule has 0 radical (unpaired) electrons. The van der Waals surface area contributed by atoms with Gasteiger partial charge in [0, 0.05) is 18.5 Å². The first kappa shape index (κ1) is 11.0. The van der Waals surface area contributed by atoms with Crippen molar-refractivity contribution in [2.45, 2.75) is 25.8 Å². The maximum Gasteiger partial charge on any atom is 0.0483 e. The Kier molecular flexibility index (Phi) is 4.78. The molecule has 1 nitrogen and oxygen atoms in total. The minimum atomic E-state index is 0.235. The Morgan fingerprint density at radius 3 is 2.85 bits per heavy atom. The van der Waals surface area contributed by atoms with Gasteiger partial charge in [-0.25, -0.2) is 0 Å². The van der Waals surface area contributed by atoms with Crippen LogP contribution in [-0.2, 0) is 6.54 Å². The van der Waals surface area contributed by atoms with Crippen molar-refractivity contribution in [3.63, 3.8) is 0 Å². The molecule has 1 heterocycles. The van der Waals surface area contributed by atoms with Crippen molar-refractivity contribution >= 4 is 22.9 Å². The van der Waals surface area contributed by atoms with Crippen molar-refractivity contribution in [2.24, 2.45) is 5.92 Å². The zero-order chi connectivity index (χ0) is 9.68. The molecule has 1 rings (SSSR count). The molecule has 3 heteroatoms. The van der Waals surface area contributed by atoms with Crippen LogP contribution in [0.15, 0.2) is 16.8 Å². The number of hydrogen-bond donors (Lipinski definition) is 1. The quantitative estimate of drug-likeness (QED) is 0.748. The molecular formula is C10H16ClNS. The predicted octanol–water partition coefficient (Wildman–Crippen LogP) is 3.10. The lowest BCUT2D eigenvalue weighted by Crippen LogP contribution is -2.26. The van der Waals surface area contributed by atoms with E-state index >= 15 is 0 Å². The normalized spacial score (nSPS) is 13.5. The van der Waals surface area contributed by atoms with Crippen LogP contribution in [0.2, 0.25) is 0 Å². The van der Waals surface area contributed by atoms with E-state index in [4.69, 9.17) is 11.6 Å². The van der Waals surface area contributed by atoms with E-state index in [-0.39, 0.29) is 5.38 Å². The lowest BCUT2D eigenvalue weighted by atomic mass is 10.1. The van der Waals surface area contributed by atoms with Gasteiger partial charge in [-0.3, -0.25) is 0 Å². The van der Waals surface area contributed by atoms with Crippen LogP contribution in [0.25, 0.3) is 0 Å². The first-order valence-corrected chi connectivity index (χ1v) is 5.94. The summed E-state index contributed by atoms with van der Waals surface area (Å²) in [4.78, 5) is 0. The molecular weight excluding hydrogens is 202 g/mol. The number of alkyl halides is 1. The largest absolute Gasteiger partial charge is 0.311 e. The number of rotatable bonds is 5. The van der Waals surface area contributed by atoms with Gasteiger partial charge in [0.05, 0.1) is 0 Å². The third kappa shape index (κ3) is 4.12. The average Bonchev–Trinajstić information content (AvgIpc) is 2.56. The Hall–Kier alpha value is -0.0500. The SMILES string of the molecule is CC(C)C(Cl)CNCc1ccsc1. The highest BCUT2D eigenvalue weighted by atomic mass is 35.5. The fourth-order valence-electron chi connectivity index (χ4n) is 0.983. The molecule has 13 heavy (non-hydrogen) atoms. The van der Waals surface area contributed by atoms with Gasteiger partial charge < -0.3 is 5.32 Å². The van der Waals surface area contributed by atoms with Gasteiger partial charge in [0.1, 0.15) is 0 Å². The molecule has 0 saturated heterocycles.